The average molecular weight is 346 g/mol. The Bertz CT molecular complexity index is 137. The third-order valence-corrected chi connectivity index (χ3v) is 7.05. The summed E-state index contributed by atoms with van der Waals surface area (Å²) in [6, 6.07) is 0. The highest BCUT2D eigenvalue weighted by Gasteiger charge is 2.41. The first-order valence-electron chi connectivity index (χ1n) is 3.25. The maximum atomic E-state index is 2.59. The molecule has 4 atom stereocenters. The molecule has 0 aromatic heterocycles. The number of rotatable bonds is 0. The minimum Gasteiger partial charge on any atom is -0.0840 e. The fraction of sp³-hybridized carbons (Fsp3) is 0.714. The van der Waals surface area contributed by atoms with Crippen molar-refractivity contribution in [1.82, 2.24) is 0 Å². The number of allylic oxidation sites excluding steroid dienone is 2. The second-order valence-electron chi connectivity index (χ2n) is 2.84. The summed E-state index contributed by atoms with van der Waals surface area (Å²) in [6.45, 7) is 0. The first-order chi connectivity index (χ1) is 4.29. The summed E-state index contributed by atoms with van der Waals surface area (Å²) in [4.78, 5) is 0. The van der Waals surface area contributed by atoms with E-state index < -0.39 is 0 Å². The molecule has 2 bridgehead atoms. The van der Waals surface area contributed by atoms with E-state index in [0.29, 0.717) is 0 Å². The Hall–Kier alpha value is 1.20. The SMILES string of the molecule is I[C@H]1[C@H](I)[C@H]2C=C[C@@H]1C2. The Balaban J connectivity index is 2.26. The van der Waals surface area contributed by atoms with Crippen LogP contribution in [0.15, 0.2) is 12.2 Å². The van der Waals surface area contributed by atoms with E-state index in [4.69, 9.17) is 0 Å². The molecule has 0 aromatic carbocycles. The van der Waals surface area contributed by atoms with E-state index in [9.17, 15) is 0 Å². The van der Waals surface area contributed by atoms with Gasteiger partial charge in [-0.05, 0) is 18.3 Å². The quantitative estimate of drug-likeness (QED) is 0.360. The van der Waals surface area contributed by atoms with Crippen LogP contribution in [-0.2, 0) is 0 Å². The van der Waals surface area contributed by atoms with Crippen molar-refractivity contribution in [3.63, 3.8) is 0 Å². The molecule has 0 unspecified atom stereocenters. The molecule has 2 heteroatoms. The second-order valence-corrected chi connectivity index (χ2v) is 5.71. The van der Waals surface area contributed by atoms with Gasteiger partial charge in [0.15, 0.2) is 0 Å². The number of hydrogen-bond donors (Lipinski definition) is 0. The Kier molecular flexibility index (Phi) is 1.80. The molecule has 1 saturated carbocycles. The number of fused-ring (bicyclic) bond motifs is 2. The van der Waals surface area contributed by atoms with E-state index in [0.717, 1.165) is 19.7 Å². The third-order valence-electron chi connectivity index (χ3n) is 2.27. The van der Waals surface area contributed by atoms with Crippen LogP contribution in [0.3, 0.4) is 0 Å². The molecule has 1 fully saturated rings. The van der Waals surface area contributed by atoms with Gasteiger partial charge in [-0.1, -0.05) is 57.3 Å². The largest absolute Gasteiger partial charge is 0.0840 e. The molecule has 0 heterocycles. The summed E-state index contributed by atoms with van der Waals surface area (Å²) < 4.78 is 1.83. The zero-order valence-electron chi connectivity index (χ0n) is 4.93. The summed E-state index contributed by atoms with van der Waals surface area (Å²) in [5.74, 6) is 1.83. The Morgan fingerprint density at radius 1 is 1.00 bits per heavy atom. The smallest absolute Gasteiger partial charge is 0.0296 e. The van der Waals surface area contributed by atoms with Crippen molar-refractivity contribution in [1.29, 1.82) is 0 Å². The maximum Gasteiger partial charge on any atom is 0.0296 e. The van der Waals surface area contributed by atoms with Crippen molar-refractivity contribution in [2.75, 3.05) is 0 Å². The lowest BCUT2D eigenvalue weighted by Crippen LogP contribution is -2.17. The highest BCUT2D eigenvalue weighted by atomic mass is 127. The van der Waals surface area contributed by atoms with E-state index in [1.54, 1.807) is 0 Å². The molecule has 2 rings (SSSR count). The van der Waals surface area contributed by atoms with Gasteiger partial charge in [-0.15, -0.1) is 0 Å². The average Bonchev–Trinajstić information content (AvgIpc) is 2.37. The monoisotopic (exact) mass is 346 g/mol. The molecule has 0 aliphatic heterocycles. The van der Waals surface area contributed by atoms with Crippen LogP contribution in [-0.4, -0.2) is 7.85 Å². The van der Waals surface area contributed by atoms with Crippen molar-refractivity contribution in [2.45, 2.75) is 14.3 Å². The van der Waals surface area contributed by atoms with Gasteiger partial charge in [0.2, 0.25) is 0 Å². The van der Waals surface area contributed by atoms with Crippen LogP contribution in [0.25, 0.3) is 0 Å². The summed E-state index contributed by atoms with van der Waals surface area (Å²) in [5, 5.41) is 0. The van der Waals surface area contributed by atoms with Gasteiger partial charge in [-0.3, -0.25) is 0 Å². The molecule has 0 nitrogen and oxygen atoms in total. The molecule has 0 saturated heterocycles. The predicted octanol–water partition coefficient (Wildman–Crippen LogP) is 2.80. The lowest BCUT2D eigenvalue weighted by atomic mass is 10.1. The lowest BCUT2D eigenvalue weighted by Gasteiger charge is -2.16. The van der Waals surface area contributed by atoms with Gasteiger partial charge in [0.25, 0.3) is 0 Å². The van der Waals surface area contributed by atoms with E-state index >= 15 is 0 Å². The summed E-state index contributed by atoms with van der Waals surface area (Å²) >= 11 is 5.18. The Morgan fingerprint density at radius 3 is 1.67 bits per heavy atom. The van der Waals surface area contributed by atoms with Crippen LogP contribution in [0.2, 0.25) is 0 Å². The fourth-order valence-corrected chi connectivity index (χ4v) is 3.83. The van der Waals surface area contributed by atoms with Crippen LogP contribution >= 0.6 is 45.2 Å². The van der Waals surface area contributed by atoms with Crippen LogP contribution in [0, 0.1) is 11.8 Å². The van der Waals surface area contributed by atoms with E-state index in [2.05, 4.69) is 57.3 Å². The van der Waals surface area contributed by atoms with Crippen molar-refractivity contribution < 1.29 is 0 Å². The van der Waals surface area contributed by atoms with Crippen LogP contribution < -0.4 is 0 Å². The standard InChI is InChI=1S/C7H8I2/c8-6-4-1-2-5(3-4)7(6)9/h1-2,4-7H,3H2/t4-,5+,6-,7-/m1/s1. The fourth-order valence-electron chi connectivity index (χ4n) is 1.70. The Labute approximate surface area is 82.8 Å². The summed E-state index contributed by atoms with van der Waals surface area (Å²) in [6.07, 6.45) is 6.23. The minimum absolute atomic E-state index is 0.914. The molecule has 2 aliphatic carbocycles. The summed E-state index contributed by atoms with van der Waals surface area (Å²) in [7, 11) is 0. The van der Waals surface area contributed by atoms with Crippen molar-refractivity contribution in [3.05, 3.63) is 12.2 Å². The van der Waals surface area contributed by atoms with Crippen molar-refractivity contribution in [2.24, 2.45) is 11.8 Å². The van der Waals surface area contributed by atoms with Crippen LogP contribution in [0.5, 0.6) is 0 Å². The van der Waals surface area contributed by atoms with Gasteiger partial charge in [-0.25, -0.2) is 0 Å². The molecule has 0 N–H and O–H groups in total. The van der Waals surface area contributed by atoms with E-state index in [1.165, 1.54) is 6.42 Å². The third kappa shape index (κ3) is 0.968. The van der Waals surface area contributed by atoms with Crippen molar-refractivity contribution >= 4 is 45.2 Å². The van der Waals surface area contributed by atoms with Crippen molar-refractivity contribution in [3.8, 4) is 0 Å². The molecule has 0 amide bonds. The minimum atomic E-state index is 0.914. The topological polar surface area (TPSA) is 0 Å². The lowest BCUT2D eigenvalue weighted by molar-refractivity contribution is 0.702. The molecular weight excluding hydrogens is 338 g/mol. The van der Waals surface area contributed by atoms with Gasteiger partial charge in [-0.2, -0.15) is 0 Å². The van der Waals surface area contributed by atoms with Gasteiger partial charge in [0.1, 0.15) is 0 Å². The molecule has 0 radical (unpaired) electrons. The normalized spacial score (nSPS) is 54.9. The van der Waals surface area contributed by atoms with Crippen LogP contribution in [0.1, 0.15) is 6.42 Å². The predicted molar refractivity (Wildman–Crippen MR) is 56.4 cm³/mol. The number of hydrogen-bond acceptors (Lipinski definition) is 0. The summed E-state index contributed by atoms with van der Waals surface area (Å²) in [5.41, 5.74) is 0. The molecule has 2 aliphatic rings. The highest BCUT2D eigenvalue weighted by molar-refractivity contribution is 14.1. The first-order valence-corrected chi connectivity index (χ1v) is 5.74. The Morgan fingerprint density at radius 2 is 1.44 bits per heavy atom. The molecule has 0 aromatic rings. The van der Waals surface area contributed by atoms with Gasteiger partial charge in [0.05, 0.1) is 0 Å². The number of alkyl halides is 2. The van der Waals surface area contributed by atoms with Gasteiger partial charge >= 0.3 is 0 Å². The highest BCUT2D eigenvalue weighted by Crippen LogP contribution is 2.47. The zero-order valence-corrected chi connectivity index (χ0v) is 9.24. The maximum absolute atomic E-state index is 2.59. The molecule has 50 valence electrons. The van der Waals surface area contributed by atoms with Crippen LogP contribution in [0.4, 0.5) is 0 Å². The van der Waals surface area contributed by atoms with Gasteiger partial charge in [0, 0.05) is 7.85 Å². The molecular formula is C7H8I2. The van der Waals surface area contributed by atoms with E-state index in [-0.39, 0.29) is 0 Å². The van der Waals surface area contributed by atoms with E-state index in [1.807, 2.05) is 0 Å². The first kappa shape index (κ1) is 6.88. The van der Waals surface area contributed by atoms with Gasteiger partial charge < -0.3 is 0 Å². The molecule has 9 heavy (non-hydrogen) atoms. The zero-order chi connectivity index (χ0) is 6.43. The number of halogens is 2. The second kappa shape index (κ2) is 2.36. The molecule has 0 spiro atoms.